The van der Waals surface area contributed by atoms with E-state index >= 15 is 0 Å². The van der Waals surface area contributed by atoms with Crippen LogP contribution in [0.25, 0.3) is 0 Å². The Morgan fingerprint density at radius 1 is 0.867 bits per heavy atom. The molecule has 0 aromatic carbocycles. The number of quaternary nitrogens is 1. The average molecular weight is 448 g/mol. The zero-order valence-electron chi connectivity index (χ0n) is 20.2. The lowest BCUT2D eigenvalue weighted by Gasteiger charge is -2.31. The van der Waals surface area contributed by atoms with Crippen molar-refractivity contribution in [3.05, 3.63) is 0 Å². The second-order valence-corrected chi connectivity index (χ2v) is 11.8. The van der Waals surface area contributed by atoms with Crippen LogP contribution in [0.2, 0.25) is 0 Å². The van der Waals surface area contributed by atoms with Gasteiger partial charge in [-0.1, -0.05) is 109 Å². The van der Waals surface area contributed by atoms with Crippen molar-refractivity contribution in [1.29, 1.82) is 0 Å². The van der Waals surface area contributed by atoms with E-state index in [0.29, 0.717) is 17.4 Å². The smallest absolute Gasteiger partial charge is 0.265 e. The standard InChI is InChI=1S/C24H50NO4P/c1-25(2,3)22-24(29-30(26,27)28)21-15-13-11-9-7-5-4-6-8-10-12-14-18-23-19-16-17-20-23/h23-24H,4-22H2,1-3H3,(H-,26,27,28). The number of unbranched alkanes of at least 4 members (excludes halogenated alkanes) is 11. The molecule has 1 aliphatic carbocycles. The molecule has 0 aromatic heterocycles. The summed E-state index contributed by atoms with van der Waals surface area (Å²) in [6.45, 7) is 0.577. The third-order valence-electron chi connectivity index (χ3n) is 6.40. The zero-order valence-corrected chi connectivity index (χ0v) is 21.1. The molecular formula is C24H50NO4P. The van der Waals surface area contributed by atoms with Gasteiger partial charge in [0.25, 0.3) is 7.82 Å². The van der Waals surface area contributed by atoms with Gasteiger partial charge in [0.15, 0.2) is 0 Å². The SMILES string of the molecule is C[N+](C)(C)CC(CCCCCCCCCCCCCCC1CCCC1)OP(=O)([O-])O. The fraction of sp³-hybridized carbons (Fsp3) is 1.00. The minimum atomic E-state index is -4.66. The monoisotopic (exact) mass is 447 g/mol. The molecule has 0 aliphatic heterocycles. The molecule has 180 valence electrons. The molecular weight excluding hydrogens is 397 g/mol. The maximum Gasteiger partial charge on any atom is 0.265 e. The van der Waals surface area contributed by atoms with Crippen molar-refractivity contribution in [2.45, 2.75) is 122 Å². The van der Waals surface area contributed by atoms with E-state index in [2.05, 4.69) is 0 Å². The third kappa shape index (κ3) is 17.7. The summed E-state index contributed by atoms with van der Waals surface area (Å²) in [6.07, 6.45) is 23.3. The Bertz CT molecular complexity index is 455. The number of rotatable bonds is 19. The summed E-state index contributed by atoms with van der Waals surface area (Å²) in [5.74, 6) is 1.06. The first-order valence-electron chi connectivity index (χ1n) is 12.7. The lowest BCUT2D eigenvalue weighted by atomic mass is 9.99. The minimum absolute atomic E-state index is 0.434. The highest BCUT2D eigenvalue weighted by atomic mass is 31.2. The first-order valence-corrected chi connectivity index (χ1v) is 14.2. The first kappa shape index (κ1) is 28.1. The van der Waals surface area contributed by atoms with E-state index < -0.39 is 13.9 Å². The van der Waals surface area contributed by atoms with E-state index in [1.165, 1.54) is 96.3 Å². The number of phosphoric ester groups is 1. The van der Waals surface area contributed by atoms with Crippen molar-refractivity contribution in [3.63, 3.8) is 0 Å². The molecule has 6 heteroatoms. The molecule has 30 heavy (non-hydrogen) atoms. The van der Waals surface area contributed by atoms with Crippen LogP contribution in [-0.2, 0) is 9.09 Å². The number of hydrogen-bond donors (Lipinski definition) is 1. The molecule has 0 spiro atoms. The summed E-state index contributed by atoms with van der Waals surface area (Å²) in [4.78, 5) is 20.1. The molecule has 0 heterocycles. The Balaban J connectivity index is 1.89. The zero-order chi connectivity index (χ0) is 22.3. The van der Waals surface area contributed by atoms with E-state index in [9.17, 15) is 9.46 Å². The van der Waals surface area contributed by atoms with Gasteiger partial charge in [0.05, 0.1) is 21.1 Å². The maximum atomic E-state index is 11.1. The Morgan fingerprint density at radius 3 is 1.73 bits per heavy atom. The third-order valence-corrected chi connectivity index (χ3v) is 6.96. The van der Waals surface area contributed by atoms with E-state index in [1.54, 1.807) is 0 Å². The van der Waals surface area contributed by atoms with Crippen LogP contribution in [0.1, 0.15) is 116 Å². The average Bonchev–Trinajstić information content (AvgIpc) is 3.12. The highest BCUT2D eigenvalue weighted by Gasteiger charge is 2.22. The van der Waals surface area contributed by atoms with Crippen molar-refractivity contribution in [2.75, 3.05) is 27.7 Å². The van der Waals surface area contributed by atoms with Crippen molar-refractivity contribution >= 4 is 7.82 Å². The molecule has 1 N–H and O–H groups in total. The second kappa shape index (κ2) is 15.8. The second-order valence-electron chi connectivity index (χ2n) is 10.6. The van der Waals surface area contributed by atoms with Crippen LogP contribution in [-0.4, -0.2) is 43.2 Å². The molecule has 0 aromatic rings. The van der Waals surface area contributed by atoms with E-state index in [-0.39, 0.29) is 0 Å². The Hall–Kier alpha value is 0.0700. The molecule has 2 unspecified atom stereocenters. The summed E-state index contributed by atoms with van der Waals surface area (Å²) in [5, 5.41) is 0. The molecule has 1 aliphatic rings. The molecule has 1 rings (SSSR count). The summed E-state index contributed by atoms with van der Waals surface area (Å²) in [7, 11) is 1.34. The van der Waals surface area contributed by atoms with Crippen LogP contribution in [0.4, 0.5) is 0 Å². The largest absolute Gasteiger partial charge is 0.756 e. The normalized spacial score (nSPS) is 18.6. The van der Waals surface area contributed by atoms with Gasteiger partial charge >= 0.3 is 0 Å². The number of likely N-dealkylation sites (N-methyl/N-ethyl adjacent to an activating group) is 1. The molecule has 1 fully saturated rings. The highest BCUT2D eigenvalue weighted by molar-refractivity contribution is 7.44. The summed E-state index contributed by atoms with van der Waals surface area (Å²) >= 11 is 0. The first-order chi connectivity index (χ1) is 14.2. The molecule has 0 bridgehead atoms. The Morgan fingerprint density at radius 2 is 1.30 bits per heavy atom. The van der Waals surface area contributed by atoms with Crippen LogP contribution in [0.3, 0.4) is 0 Å². The topological polar surface area (TPSA) is 69.6 Å². The van der Waals surface area contributed by atoms with Gasteiger partial charge in [-0.05, 0) is 12.3 Å². The van der Waals surface area contributed by atoms with Gasteiger partial charge in [-0.25, -0.2) is 0 Å². The van der Waals surface area contributed by atoms with Gasteiger partial charge in [0.1, 0.15) is 12.6 Å². The van der Waals surface area contributed by atoms with Crippen LogP contribution in [0, 0.1) is 5.92 Å². The van der Waals surface area contributed by atoms with Gasteiger partial charge in [-0.3, -0.25) is 4.57 Å². The fourth-order valence-corrected chi connectivity index (χ4v) is 5.40. The van der Waals surface area contributed by atoms with Gasteiger partial charge < -0.3 is 18.8 Å². The van der Waals surface area contributed by atoms with E-state index in [1.807, 2.05) is 21.1 Å². The van der Waals surface area contributed by atoms with Crippen LogP contribution >= 0.6 is 7.82 Å². The molecule has 2 atom stereocenters. The van der Waals surface area contributed by atoms with Gasteiger partial charge in [0, 0.05) is 0 Å². The number of nitrogens with zero attached hydrogens (tertiary/aromatic N) is 1. The highest BCUT2D eigenvalue weighted by Crippen LogP contribution is 2.34. The molecule has 0 saturated heterocycles. The summed E-state index contributed by atoms with van der Waals surface area (Å²) in [6, 6.07) is 0. The maximum absolute atomic E-state index is 11.1. The van der Waals surface area contributed by atoms with Gasteiger partial charge in [-0.2, -0.15) is 0 Å². The van der Waals surface area contributed by atoms with Crippen molar-refractivity contribution < 1.29 is 23.4 Å². The van der Waals surface area contributed by atoms with Crippen molar-refractivity contribution in [3.8, 4) is 0 Å². The van der Waals surface area contributed by atoms with Gasteiger partial charge in [0.2, 0.25) is 0 Å². The van der Waals surface area contributed by atoms with Gasteiger partial charge in [-0.15, -0.1) is 0 Å². The van der Waals surface area contributed by atoms with Crippen LogP contribution in [0.5, 0.6) is 0 Å². The minimum Gasteiger partial charge on any atom is -0.756 e. The van der Waals surface area contributed by atoms with Crippen molar-refractivity contribution in [2.24, 2.45) is 5.92 Å². The summed E-state index contributed by atoms with van der Waals surface area (Å²) < 4.78 is 16.6. The quantitative estimate of drug-likeness (QED) is 0.146. The lowest BCUT2D eigenvalue weighted by molar-refractivity contribution is -0.873. The number of hydrogen-bond acceptors (Lipinski definition) is 3. The molecule has 1 saturated carbocycles. The predicted octanol–water partition coefficient (Wildman–Crippen LogP) is 6.19. The fourth-order valence-electron chi connectivity index (χ4n) is 4.85. The Kier molecular flexibility index (Phi) is 14.8. The van der Waals surface area contributed by atoms with Crippen LogP contribution in [0.15, 0.2) is 0 Å². The Labute approximate surface area is 186 Å². The lowest BCUT2D eigenvalue weighted by Crippen LogP contribution is -2.42. The molecule has 0 amide bonds. The van der Waals surface area contributed by atoms with E-state index in [4.69, 9.17) is 9.42 Å². The van der Waals surface area contributed by atoms with E-state index in [0.717, 1.165) is 18.8 Å². The predicted molar refractivity (Wildman–Crippen MR) is 124 cm³/mol. The van der Waals surface area contributed by atoms with Crippen LogP contribution < -0.4 is 4.89 Å². The molecule has 5 nitrogen and oxygen atoms in total. The summed E-state index contributed by atoms with van der Waals surface area (Å²) in [5.41, 5.74) is 0. The molecule has 0 radical (unpaired) electrons. The van der Waals surface area contributed by atoms with Crippen molar-refractivity contribution in [1.82, 2.24) is 0 Å². The number of phosphoric acid groups is 1.